The first-order valence-electron chi connectivity index (χ1n) is 9.80. The molecule has 28 heavy (non-hydrogen) atoms. The first kappa shape index (κ1) is 18.4. The number of fused-ring (bicyclic) bond motifs is 1. The maximum Gasteiger partial charge on any atom is 0.255 e. The van der Waals surface area contributed by atoms with Gasteiger partial charge in [-0.25, -0.2) is 4.98 Å². The number of aromatic nitrogens is 2. The number of rotatable bonds is 5. The van der Waals surface area contributed by atoms with Crippen molar-refractivity contribution < 1.29 is 4.79 Å². The van der Waals surface area contributed by atoms with Crippen molar-refractivity contribution in [3.63, 3.8) is 0 Å². The molecular formula is C23H26N4O. The summed E-state index contributed by atoms with van der Waals surface area (Å²) in [7, 11) is 0. The Morgan fingerprint density at radius 3 is 2.82 bits per heavy atom. The van der Waals surface area contributed by atoms with Crippen LogP contribution >= 0.6 is 0 Å². The second-order valence-corrected chi connectivity index (χ2v) is 7.59. The summed E-state index contributed by atoms with van der Waals surface area (Å²) < 4.78 is 2.26. The summed E-state index contributed by atoms with van der Waals surface area (Å²) in [5.41, 5.74) is 4.89. The van der Waals surface area contributed by atoms with E-state index in [1.54, 1.807) is 0 Å². The van der Waals surface area contributed by atoms with E-state index in [1.807, 2.05) is 56.3 Å². The smallest absolute Gasteiger partial charge is 0.255 e. The topological polar surface area (TPSA) is 59.0 Å². The van der Waals surface area contributed by atoms with Crippen molar-refractivity contribution in [2.45, 2.75) is 45.8 Å². The molecule has 1 atom stereocenters. The van der Waals surface area contributed by atoms with Gasteiger partial charge in [0.2, 0.25) is 0 Å². The maximum absolute atomic E-state index is 12.4. The fraction of sp³-hybridized carbons (Fsp3) is 0.304. The molecule has 1 aromatic heterocycles. The minimum Gasteiger partial charge on any atom is -0.333 e. The van der Waals surface area contributed by atoms with Gasteiger partial charge in [0, 0.05) is 43.0 Å². The standard InChI is InChI=1S/C23H26N4O/c1-16-6-8-19(9-7-16)23(28)26-20-5-3-4-18(12-20)13-24-21-10-11-22-25-17(2)14-27(22)15-21/h3-9,12,14,21,24H,10-11,13,15H2,1-2H3,(H,26,28). The summed E-state index contributed by atoms with van der Waals surface area (Å²) in [6, 6.07) is 16.1. The highest BCUT2D eigenvalue weighted by Gasteiger charge is 2.19. The molecule has 0 radical (unpaired) electrons. The number of hydrogen-bond acceptors (Lipinski definition) is 3. The van der Waals surface area contributed by atoms with Gasteiger partial charge in [-0.05, 0) is 50.1 Å². The lowest BCUT2D eigenvalue weighted by Crippen LogP contribution is -2.36. The highest BCUT2D eigenvalue weighted by molar-refractivity contribution is 6.04. The van der Waals surface area contributed by atoms with Gasteiger partial charge in [0.05, 0.1) is 5.69 Å². The molecule has 1 aliphatic rings. The molecule has 0 aliphatic carbocycles. The van der Waals surface area contributed by atoms with Crippen LogP contribution in [-0.2, 0) is 19.5 Å². The first-order chi connectivity index (χ1) is 13.6. The zero-order valence-corrected chi connectivity index (χ0v) is 16.4. The third-order valence-electron chi connectivity index (χ3n) is 5.21. The van der Waals surface area contributed by atoms with Crippen molar-refractivity contribution in [2.75, 3.05) is 5.32 Å². The summed E-state index contributed by atoms with van der Waals surface area (Å²) in [6.45, 7) is 5.80. The van der Waals surface area contributed by atoms with Crippen LogP contribution in [0, 0.1) is 13.8 Å². The number of aryl methyl sites for hydroxylation is 3. The van der Waals surface area contributed by atoms with Crippen molar-refractivity contribution in [3.05, 3.63) is 82.9 Å². The summed E-state index contributed by atoms with van der Waals surface area (Å²) in [6.07, 6.45) is 4.24. The van der Waals surface area contributed by atoms with E-state index in [4.69, 9.17) is 0 Å². The number of carbonyl (C=O) groups is 1. The molecule has 0 spiro atoms. The van der Waals surface area contributed by atoms with E-state index < -0.39 is 0 Å². The van der Waals surface area contributed by atoms with Gasteiger partial charge < -0.3 is 15.2 Å². The van der Waals surface area contributed by atoms with E-state index in [0.29, 0.717) is 11.6 Å². The van der Waals surface area contributed by atoms with E-state index in [-0.39, 0.29) is 5.91 Å². The van der Waals surface area contributed by atoms with Crippen LogP contribution in [0.4, 0.5) is 5.69 Å². The molecule has 4 rings (SSSR count). The molecule has 2 N–H and O–H groups in total. The minimum absolute atomic E-state index is 0.0830. The van der Waals surface area contributed by atoms with Crippen molar-refractivity contribution in [3.8, 4) is 0 Å². The molecule has 5 heteroatoms. The van der Waals surface area contributed by atoms with Gasteiger partial charge in [0.15, 0.2) is 0 Å². The van der Waals surface area contributed by atoms with Gasteiger partial charge in [-0.2, -0.15) is 0 Å². The fourth-order valence-corrected chi connectivity index (χ4v) is 3.68. The number of nitrogens with zero attached hydrogens (tertiary/aromatic N) is 2. The second-order valence-electron chi connectivity index (χ2n) is 7.59. The number of carbonyl (C=O) groups excluding carboxylic acids is 1. The number of imidazole rings is 1. The third-order valence-corrected chi connectivity index (χ3v) is 5.21. The van der Waals surface area contributed by atoms with Crippen LogP contribution in [0.1, 0.15) is 39.4 Å². The van der Waals surface area contributed by atoms with Gasteiger partial charge >= 0.3 is 0 Å². The lowest BCUT2D eigenvalue weighted by Gasteiger charge is -2.25. The molecule has 0 bridgehead atoms. The Labute approximate surface area is 165 Å². The number of hydrogen-bond donors (Lipinski definition) is 2. The van der Waals surface area contributed by atoms with E-state index in [2.05, 4.69) is 32.4 Å². The zero-order valence-electron chi connectivity index (χ0n) is 16.4. The van der Waals surface area contributed by atoms with E-state index in [1.165, 1.54) is 5.82 Å². The summed E-state index contributed by atoms with van der Waals surface area (Å²) >= 11 is 0. The maximum atomic E-state index is 12.4. The molecular weight excluding hydrogens is 348 g/mol. The van der Waals surface area contributed by atoms with Crippen LogP contribution in [0.3, 0.4) is 0 Å². The number of benzene rings is 2. The van der Waals surface area contributed by atoms with Crippen molar-refractivity contribution in [2.24, 2.45) is 0 Å². The summed E-state index contributed by atoms with van der Waals surface area (Å²) in [5, 5.41) is 6.64. The number of anilines is 1. The fourth-order valence-electron chi connectivity index (χ4n) is 3.68. The Hall–Kier alpha value is -2.92. The number of amides is 1. The van der Waals surface area contributed by atoms with Crippen molar-refractivity contribution in [1.29, 1.82) is 0 Å². The third kappa shape index (κ3) is 4.31. The van der Waals surface area contributed by atoms with Crippen LogP contribution in [0.15, 0.2) is 54.7 Å². The van der Waals surface area contributed by atoms with Crippen LogP contribution < -0.4 is 10.6 Å². The predicted octanol–water partition coefficient (Wildman–Crippen LogP) is 3.86. The Morgan fingerprint density at radius 2 is 2.00 bits per heavy atom. The molecule has 144 valence electrons. The van der Waals surface area contributed by atoms with Crippen molar-refractivity contribution >= 4 is 11.6 Å². The van der Waals surface area contributed by atoms with Crippen LogP contribution in [0.25, 0.3) is 0 Å². The highest BCUT2D eigenvalue weighted by atomic mass is 16.1. The van der Waals surface area contributed by atoms with Gasteiger partial charge in [-0.15, -0.1) is 0 Å². The molecule has 1 aliphatic heterocycles. The van der Waals surface area contributed by atoms with E-state index in [9.17, 15) is 4.79 Å². The number of nitrogens with one attached hydrogen (secondary N) is 2. The molecule has 3 aromatic rings. The normalized spacial score (nSPS) is 15.9. The quantitative estimate of drug-likeness (QED) is 0.713. The predicted molar refractivity (Wildman–Crippen MR) is 111 cm³/mol. The molecule has 0 saturated heterocycles. The second kappa shape index (κ2) is 7.98. The lowest BCUT2D eigenvalue weighted by molar-refractivity contribution is 0.102. The highest BCUT2D eigenvalue weighted by Crippen LogP contribution is 2.17. The Bertz CT molecular complexity index is 975. The van der Waals surface area contributed by atoms with Crippen LogP contribution in [0.5, 0.6) is 0 Å². The summed E-state index contributed by atoms with van der Waals surface area (Å²) in [4.78, 5) is 17.0. The van der Waals surface area contributed by atoms with E-state index >= 15 is 0 Å². The van der Waals surface area contributed by atoms with Gasteiger partial charge in [-0.1, -0.05) is 29.8 Å². The molecule has 5 nitrogen and oxygen atoms in total. The van der Waals surface area contributed by atoms with Gasteiger partial charge in [0.1, 0.15) is 5.82 Å². The molecule has 0 fully saturated rings. The van der Waals surface area contributed by atoms with Gasteiger partial charge in [0.25, 0.3) is 5.91 Å². The Balaban J connectivity index is 1.35. The minimum atomic E-state index is -0.0830. The summed E-state index contributed by atoms with van der Waals surface area (Å²) in [5.74, 6) is 1.11. The molecule has 0 saturated carbocycles. The Morgan fingerprint density at radius 1 is 1.18 bits per heavy atom. The zero-order chi connectivity index (χ0) is 19.5. The van der Waals surface area contributed by atoms with Crippen LogP contribution in [0.2, 0.25) is 0 Å². The largest absolute Gasteiger partial charge is 0.333 e. The van der Waals surface area contributed by atoms with Gasteiger partial charge in [-0.3, -0.25) is 4.79 Å². The molecule has 1 unspecified atom stereocenters. The van der Waals surface area contributed by atoms with E-state index in [0.717, 1.165) is 48.4 Å². The molecule has 1 amide bonds. The monoisotopic (exact) mass is 374 g/mol. The lowest BCUT2D eigenvalue weighted by atomic mass is 10.1. The average Bonchev–Trinajstić information content (AvgIpc) is 3.06. The Kier molecular flexibility index (Phi) is 5.26. The van der Waals surface area contributed by atoms with Crippen LogP contribution in [-0.4, -0.2) is 21.5 Å². The SMILES string of the molecule is Cc1ccc(C(=O)Nc2cccc(CNC3CCc4nc(C)cn4C3)c2)cc1. The molecule has 2 aromatic carbocycles. The van der Waals surface area contributed by atoms with Crippen molar-refractivity contribution in [1.82, 2.24) is 14.9 Å². The average molecular weight is 374 g/mol. The first-order valence-corrected chi connectivity index (χ1v) is 9.80. The molecule has 2 heterocycles.